The number of aryl methyl sites for hydroxylation is 2. The highest BCUT2D eigenvalue weighted by atomic mass is 32.1. The third-order valence-corrected chi connectivity index (χ3v) is 7.16. The highest BCUT2D eigenvalue weighted by Crippen LogP contribution is 2.37. The summed E-state index contributed by atoms with van der Waals surface area (Å²) < 4.78 is 5.56. The molecular weight excluding hydrogens is 492 g/mol. The fourth-order valence-electron chi connectivity index (χ4n) is 4.53. The van der Waals surface area contributed by atoms with Crippen molar-refractivity contribution >= 4 is 39.1 Å². The first-order valence-corrected chi connectivity index (χ1v) is 13.4. The molecule has 3 aromatic carbocycles. The van der Waals surface area contributed by atoms with Gasteiger partial charge in [0.25, 0.3) is 5.91 Å². The number of thiophene rings is 1. The van der Waals surface area contributed by atoms with Crippen molar-refractivity contribution in [2.24, 2.45) is 0 Å². The van der Waals surface area contributed by atoms with Crippen LogP contribution in [0.2, 0.25) is 0 Å². The average molecular weight is 521 g/mol. The molecule has 0 fully saturated rings. The molecule has 38 heavy (non-hydrogen) atoms. The van der Waals surface area contributed by atoms with E-state index in [1.54, 1.807) is 0 Å². The van der Waals surface area contributed by atoms with Crippen LogP contribution >= 0.6 is 11.3 Å². The van der Waals surface area contributed by atoms with Gasteiger partial charge in [-0.2, -0.15) is 0 Å². The maximum atomic E-state index is 13.8. The summed E-state index contributed by atoms with van der Waals surface area (Å²) in [5.74, 6) is -0.777. The van der Waals surface area contributed by atoms with E-state index in [2.05, 4.69) is 18.3 Å². The van der Waals surface area contributed by atoms with Crippen LogP contribution in [0.1, 0.15) is 45.7 Å². The second kappa shape index (κ2) is 10.6. The lowest BCUT2D eigenvalue weighted by molar-refractivity contribution is 0.0380. The van der Waals surface area contributed by atoms with Crippen LogP contribution in [0, 0.1) is 13.8 Å². The number of carbonyl (C=O) groups excluding carboxylic acids is 2. The molecule has 0 saturated carbocycles. The van der Waals surface area contributed by atoms with Crippen molar-refractivity contribution in [2.45, 2.75) is 33.8 Å². The summed E-state index contributed by atoms with van der Waals surface area (Å²) in [6.07, 6.45) is -0.293. The fraction of sp³-hybridized carbons (Fsp3) is 0.156. The highest BCUT2D eigenvalue weighted by molar-refractivity contribution is 7.15. The Morgan fingerprint density at radius 3 is 2.37 bits per heavy atom. The number of hydrogen-bond donors (Lipinski definition) is 1. The van der Waals surface area contributed by atoms with E-state index in [1.165, 1.54) is 11.3 Å². The van der Waals surface area contributed by atoms with Gasteiger partial charge in [-0.25, -0.2) is 9.78 Å². The summed E-state index contributed by atoms with van der Waals surface area (Å²) in [6, 6.07) is 25.2. The summed E-state index contributed by atoms with van der Waals surface area (Å²) in [5, 5.41) is 6.09. The Balaban J connectivity index is 1.59. The molecule has 5 aromatic rings. The summed E-state index contributed by atoms with van der Waals surface area (Å²) in [7, 11) is 0. The van der Waals surface area contributed by atoms with Gasteiger partial charge in [0, 0.05) is 21.9 Å². The number of para-hydroxylation sites is 1. The summed E-state index contributed by atoms with van der Waals surface area (Å²) in [4.78, 5) is 31.9. The van der Waals surface area contributed by atoms with E-state index in [-0.39, 0.29) is 12.0 Å². The smallest absolute Gasteiger partial charge is 0.342 e. The van der Waals surface area contributed by atoms with Crippen LogP contribution < -0.4 is 5.32 Å². The second-order valence-corrected chi connectivity index (χ2v) is 10.4. The predicted molar refractivity (Wildman–Crippen MR) is 155 cm³/mol. The fourth-order valence-corrected chi connectivity index (χ4v) is 5.48. The zero-order chi connectivity index (χ0) is 26.8. The van der Waals surface area contributed by atoms with Gasteiger partial charge in [-0.05, 0) is 51.0 Å². The van der Waals surface area contributed by atoms with Gasteiger partial charge in [0.1, 0.15) is 10.6 Å². The second-order valence-electron chi connectivity index (χ2n) is 9.52. The number of anilines is 1. The molecule has 190 valence electrons. The van der Waals surface area contributed by atoms with Crippen molar-refractivity contribution < 1.29 is 14.3 Å². The van der Waals surface area contributed by atoms with Gasteiger partial charge in [0.15, 0.2) is 0 Å². The van der Waals surface area contributed by atoms with Crippen molar-refractivity contribution in [3.8, 4) is 22.4 Å². The molecule has 0 bridgehead atoms. The summed E-state index contributed by atoms with van der Waals surface area (Å²) in [5.41, 5.74) is 7.13. The van der Waals surface area contributed by atoms with Gasteiger partial charge < -0.3 is 10.1 Å². The van der Waals surface area contributed by atoms with Crippen molar-refractivity contribution in [1.29, 1.82) is 0 Å². The molecule has 0 atom stereocenters. The lowest BCUT2D eigenvalue weighted by atomic mass is 9.99. The Labute approximate surface area is 226 Å². The van der Waals surface area contributed by atoms with E-state index in [0.717, 1.165) is 44.4 Å². The number of aromatic nitrogens is 1. The molecule has 0 aliphatic rings. The lowest BCUT2D eigenvalue weighted by Gasteiger charge is -2.14. The molecule has 5 rings (SSSR count). The molecule has 6 heteroatoms. The first-order valence-electron chi connectivity index (χ1n) is 12.5. The van der Waals surface area contributed by atoms with Crippen LogP contribution in [0.15, 0.2) is 84.2 Å². The molecule has 5 nitrogen and oxygen atoms in total. The van der Waals surface area contributed by atoms with Gasteiger partial charge >= 0.3 is 5.97 Å². The highest BCUT2D eigenvalue weighted by Gasteiger charge is 2.25. The van der Waals surface area contributed by atoms with Gasteiger partial charge in [0.05, 0.1) is 22.9 Å². The summed E-state index contributed by atoms with van der Waals surface area (Å²) >= 11 is 1.31. The molecule has 2 heterocycles. The van der Waals surface area contributed by atoms with Crippen LogP contribution in [0.5, 0.6) is 0 Å². The monoisotopic (exact) mass is 520 g/mol. The maximum Gasteiger partial charge on any atom is 0.342 e. The van der Waals surface area contributed by atoms with E-state index >= 15 is 0 Å². The van der Waals surface area contributed by atoms with Crippen LogP contribution in [-0.2, 0) is 4.74 Å². The van der Waals surface area contributed by atoms with E-state index in [4.69, 9.17) is 9.72 Å². The van der Waals surface area contributed by atoms with Gasteiger partial charge in [-0.1, -0.05) is 72.3 Å². The first kappa shape index (κ1) is 25.4. The number of nitrogens with one attached hydrogen (secondary N) is 1. The standard InChI is InChI=1S/C32H28N2O3S/c1-19(2)37-32(36)29-26(22-10-6-5-7-11-22)18-38-31(29)34-30(35)25-17-28(23-15-14-20(3)16-21(23)4)33-27-13-9-8-12-24(25)27/h5-19H,1-4H3,(H,34,35). The van der Waals surface area contributed by atoms with Crippen molar-refractivity contribution in [1.82, 2.24) is 4.98 Å². The maximum absolute atomic E-state index is 13.8. The number of ether oxygens (including phenoxy) is 1. The topological polar surface area (TPSA) is 68.3 Å². The predicted octanol–water partition coefficient (Wildman–Crippen LogP) is 8.06. The number of pyridine rings is 1. The van der Waals surface area contributed by atoms with E-state index in [0.29, 0.717) is 16.1 Å². The number of nitrogens with zero attached hydrogens (tertiary/aromatic N) is 1. The minimum atomic E-state index is -0.467. The zero-order valence-electron chi connectivity index (χ0n) is 21.7. The molecule has 1 amide bonds. The quantitative estimate of drug-likeness (QED) is 0.230. The molecule has 2 aromatic heterocycles. The van der Waals surface area contributed by atoms with Crippen LogP contribution in [0.25, 0.3) is 33.3 Å². The Morgan fingerprint density at radius 2 is 1.63 bits per heavy atom. The average Bonchev–Trinajstić information content (AvgIpc) is 3.31. The Bertz CT molecular complexity index is 1650. The molecule has 0 aliphatic carbocycles. The lowest BCUT2D eigenvalue weighted by Crippen LogP contribution is -2.17. The Kier molecular flexibility index (Phi) is 7.07. The van der Waals surface area contributed by atoms with Gasteiger partial charge in [-0.3, -0.25) is 4.79 Å². The molecule has 0 saturated heterocycles. The normalized spacial score (nSPS) is 11.1. The van der Waals surface area contributed by atoms with E-state index in [9.17, 15) is 9.59 Å². The molecule has 0 unspecified atom stereocenters. The number of benzene rings is 3. The van der Waals surface area contributed by atoms with Gasteiger partial charge in [-0.15, -0.1) is 11.3 Å². The third-order valence-electron chi connectivity index (χ3n) is 6.27. The molecule has 1 N–H and O–H groups in total. The van der Waals surface area contributed by atoms with Crippen molar-refractivity contribution in [3.63, 3.8) is 0 Å². The summed E-state index contributed by atoms with van der Waals surface area (Å²) in [6.45, 7) is 7.71. The minimum absolute atomic E-state index is 0.293. The number of esters is 1. The molecular formula is C32H28N2O3S. The number of rotatable bonds is 6. The van der Waals surface area contributed by atoms with Gasteiger partial charge in [0.2, 0.25) is 0 Å². The number of fused-ring (bicyclic) bond motifs is 1. The third kappa shape index (κ3) is 5.08. The Hall–Kier alpha value is -4.29. The Morgan fingerprint density at radius 1 is 0.895 bits per heavy atom. The van der Waals surface area contributed by atoms with Crippen LogP contribution in [0.4, 0.5) is 5.00 Å². The SMILES string of the molecule is Cc1ccc(-c2cc(C(=O)Nc3scc(-c4ccccc4)c3C(=O)OC(C)C)c3ccccc3n2)c(C)c1. The molecule has 0 aliphatic heterocycles. The van der Waals surface area contributed by atoms with Crippen molar-refractivity contribution in [3.05, 3.63) is 106 Å². The van der Waals surface area contributed by atoms with Crippen LogP contribution in [-0.4, -0.2) is 23.0 Å². The number of amides is 1. The zero-order valence-corrected chi connectivity index (χ0v) is 22.6. The largest absolute Gasteiger partial charge is 0.459 e. The molecule has 0 spiro atoms. The first-order chi connectivity index (χ1) is 18.3. The number of carbonyl (C=O) groups is 2. The van der Waals surface area contributed by atoms with Crippen LogP contribution in [0.3, 0.4) is 0 Å². The van der Waals surface area contributed by atoms with E-state index < -0.39 is 5.97 Å². The molecule has 0 radical (unpaired) electrons. The number of hydrogen-bond acceptors (Lipinski definition) is 5. The minimum Gasteiger partial charge on any atom is -0.459 e. The van der Waals surface area contributed by atoms with Crippen molar-refractivity contribution in [2.75, 3.05) is 5.32 Å². The van der Waals surface area contributed by atoms with E-state index in [1.807, 2.05) is 98.9 Å².